The van der Waals surface area contributed by atoms with Gasteiger partial charge in [-0.15, -0.1) is 0 Å². The lowest BCUT2D eigenvalue weighted by molar-refractivity contribution is 0.213. The highest BCUT2D eigenvalue weighted by molar-refractivity contribution is 14.1. The van der Waals surface area contributed by atoms with Crippen molar-refractivity contribution in [2.24, 2.45) is 11.1 Å². The van der Waals surface area contributed by atoms with E-state index in [0.717, 1.165) is 11.3 Å². The first-order valence-corrected chi connectivity index (χ1v) is 7.45. The van der Waals surface area contributed by atoms with Crippen molar-refractivity contribution in [1.82, 2.24) is 0 Å². The number of halogens is 1. The van der Waals surface area contributed by atoms with Crippen molar-refractivity contribution >= 4 is 28.3 Å². The fourth-order valence-electron chi connectivity index (χ4n) is 2.57. The number of alkyl halides is 1. The molecule has 0 aliphatic heterocycles. The van der Waals surface area contributed by atoms with Crippen molar-refractivity contribution in [3.05, 3.63) is 34.9 Å². The molecule has 0 radical (unpaired) electrons. The number of oxime groups is 1. The summed E-state index contributed by atoms with van der Waals surface area (Å²) in [7, 11) is 1.59. The lowest BCUT2D eigenvalue weighted by Gasteiger charge is -2.37. The van der Waals surface area contributed by atoms with Gasteiger partial charge in [-0.3, -0.25) is 0 Å². The van der Waals surface area contributed by atoms with Gasteiger partial charge in [0.25, 0.3) is 0 Å². The number of hydrogen-bond acceptors (Lipinski definition) is 2. The van der Waals surface area contributed by atoms with E-state index in [2.05, 4.69) is 59.8 Å². The third-order valence-electron chi connectivity index (χ3n) is 4.05. The lowest BCUT2D eigenvalue weighted by atomic mass is 9.76. The van der Waals surface area contributed by atoms with Crippen molar-refractivity contribution in [1.29, 1.82) is 0 Å². The van der Waals surface area contributed by atoms with Crippen LogP contribution in [0, 0.1) is 5.92 Å². The van der Waals surface area contributed by atoms with Gasteiger partial charge >= 0.3 is 0 Å². The highest BCUT2D eigenvalue weighted by atomic mass is 127. The van der Waals surface area contributed by atoms with E-state index < -0.39 is 0 Å². The summed E-state index contributed by atoms with van der Waals surface area (Å²) in [6.45, 7) is 6.67. The zero-order valence-electron chi connectivity index (χ0n) is 11.5. The second kappa shape index (κ2) is 5.19. The Hall–Kier alpha value is -0.580. The molecule has 0 amide bonds. The van der Waals surface area contributed by atoms with E-state index in [4.69, 9.17) is 4.84 Å². The molecule has 2 atom stereocenters. The molecule has 0 saturated heterocycles. The first-order valence-electron chi connectivity index (χ1n) is 6.37. The summed E-state index contributed by atoms with van der Waals surface area (Å²) in [5.41, 5.74) is 5.04. The lowest BCUT2D eigenvalue weighted by Crippen LogP contribution is -2.29. The first-order chi connectivity index (χ1) is 8.46. The standard InChI is InChI=1S/C15H20INO/c1-10-5-6-12-7-8-13(11(2)17-18-4)9-14(12)15(10,3)16/h7-10H,5-6H2,1-4H3/b17-11-. The Morgan fingerprint density at radius 1 is 1.50 bits per heavy atom. The molecule has 0 bridgehead atoms. The van der Waals surface area contributed by atoms with E-state index in [1.165, 1.54) is 24.0 Å². The van der Waals surface area contributed by atoms with Crippen molar-refractivity contribution in [3.63, 3.8) is 0 Å². The zero-order valence-corrected chi connectivity index (χ0v) is 13.6. The fraction of sp³-hybridized carbons (Fsp3) is 0.533. The molecule has 3 heteroatoms. The largest absolute Gasteiger partial charge is 0.399 e. The number of benzene rings is 1. The fourth-order valence-corrected chi connectivity index (χ4v) is 3.39. The van der Waals surface area contributed by atoms with Gasteiger partial charge in [-0.25, -0.2) is 0 Å². The molecule has 2 rings (SSSR count). The molecule has 0 aromatic heterocycles. The van der Waals surface area contributed by atoms with Crippen LogP contribution in [-0.2, 0) is 14.7 Å². The Morgan fingerprint density at radius 2 is 2.22 bits per heavy atom. The summed E-state index contributed by atoms with van der Waals surface area (Å²) in [6, 6.07) is 6.69. The Balaban J connectivity index is 2.48. The second-order valence-corrected chi connectivity index (χ2v) is 7.49. The summed E-state index contributed by atoms with van der Waals surface area (Å²) in [5, 5.41) is 4.02. The highest BCUT2D eigenvalue weighted by Gasteiger charge is 2.35. The van der Waals surface area contributed by atoms with Crippen LogP contribution >= 0.6 is 22.6 Å². The monoisotopic (exact) mass is 357 g/mol. The number of nitrogens with zero attached hydrogens (tertiary/aromatic N) is 1. The van der Waals surface area contributed by atoms with Gasteiger partial charge in [0, 0.05) is 3.42 Å². The summed E-state index contributed by atoms with van der Waals surface area (Å²) >= 11 is 2.60. The average Bonchev–Trinajstić information content (AvgIpc) is 2.34. The van der Waals surface area contributed by atoms with Crippen molar-refractivity contribution in [2.45, 2.75) is 37.0 Å². The quantitative estimate of drug-likeness (QED) is 0.335. The van der Waals surface area contributed by atoms with Gasteiger partial charge in [-0.05, 0) is 55.4 Å². The molecular weight excluding hydrogens is 337 g/mol. The minimum atomic E-state index is 0.217. The molecule has 1 aromatic carbocycles. The molecule has 0 heterocycles. The predicted molar refractivity (Wildman–Crippen MR) is 84.5 cm³/mol. The van der Waals surface area contributed by atoms with E-state index >= 15 is 0 Å². The average molecular weight is 357 g/mol. The number of hydrogen-bond donors (Lipinski definition) is 0. The van der Waals surface area contributed by atoms with Crippen LogP contribution in [0.4, 0.5) is 0 Å². The van der Waals surface area contributed by atoms with Gasteiger partial charge in [0.15, 0.2) is 0 Å². The molecule has 98 valence electrons. The molecule has 0 saturated carbocycles. The van der Waals surface area contributed by atoms with Crippen molar-refractivity contribution in [3.8, 4) is 0 Å². The highest BCUT2D eigenvalue weighted by Crippen LogP contribution is 2.46. The number of fused-ring (bicyclic) bond motifs is 1. The maximum Gasteiger partial charge on any atom is 0.106 e. The molecule has 0 spiro atoms. The number of aryl methyl sites for hydroxylation is 1. The maximum absolute atomic E-state index is 4.86. The molecule has 18 heavy (non-hydrogen) atoms. The third kappa shape index (κ3) is 2.42. The van der Waals surface area contributed by atoms with Gasteiger partial charge in [-0.1, -0.05) is 46.8 Å². The van der Waals surface area contributed by atoms with Crippen LogP contribution in [0.5, 0.6) is 0 Å². The summed E-state index contributed by atoms with van der Waals surface area (Å²) < 4.78 is 0.217. The van der Waals surface area contributed by atoms with Crippen LogP contribution in [0.2, 0.25) is 0 Å². The van der Waals surface area contributed by atoms with Crippen LogP contribution < -0.4 is 0 Å². The number of rotatable bonds is 2. The van der Waals surface area contributed by atoms with Crippen LogP contribution in [0.25, 0.3) is 0 Å². The van der Waals surface area contributed by atoms with Crippen LogP contribution in [0.3, 0.4) is 0 Å². The van der Waals surface area contributed by atoms with Gasteiger partial charge in [0.1, 0.15) is 7.11 Å². The third-order valence-corrected chi connectivity index (χ3v) is 5.70. The van der Waals surface area contributed by atoms with Crippen LogP contribution in [0.15, 0.2) is 23.4 Å². The zero-order chi connectivity index (χ0) is 13.3. The first kappa shape index (κ1) is 13.8. The van der Waals surface area contributed by atoms with Crippen molar-refractivity contribution in [2.75, 3.05) is 7.11 Å². The molecule has 2 unspecified atom stereocenters. The summed E-state index contributed by atoms with van der Waals surface area (Å²) in [4.78, 5) is 4.86. The molecule has 1 aliphatic carbocycles. The predicted octanol–water partition coefficient (Wildman–Crippen LogP) is 4.29. The molecule has 0 N–H and O–H groups in total. The SMILES string of the molecule is CO/N=C(/C)c1ccc2c(c1)C(C)(I)C(C)CC2. The molecular formula is C15H20INO. The normalized spacial score (nSPS) is 27.8. The van der Waals surface area contributed by atoms with Crippen LogP contribution in [0.1, 0.15) is 43.9 Å². The molecule has 0 fully saturated rings. The van der Waals surface area contributed by atoms with Gasteiger partial charge in [0.2, 0.25) is 0 Å². The summed E-state index contributed by atoms with van der Waals surface area (Å²) in [6.07, 6.45) is 2.47. The topological polar surface area (TPSA) is 21.6 Å². The molecule has 2 nitrogen and oxygen atoms in total. The Morgan fingerprint density at radius 3 is 2.89 bits per heavy atom. The molecule has 1 aliphatic rings. The molecule has 1 aromatic rings. The van der Waals surface area contributed by atoms with Gasteiger partial charge < -0.3 is 4.84 Å². The minimum absolute atomic E-state index is 0.217. The van der Waals surface area contributed by atoms with Crippen molar-refractivity contribution < 1.29 is 4.84 Å². The Bertz CT molecular complexity index is 479. The van der Waals surface area contributed by atoms with E-state index in [9.17, 15) is 0 Å². The van der Waals surface area contributed by atoms with E-state index in [1.807, 2.05) is 6.92 Å². The second-order valence-electron chi connectivity index (χ2n) is 5.25. The van der Waals surface area contributed by atoms with E-state index in [-0.39, 0.29) is 3.42 Å². The minimum Gasteiger partial charge on any atom is -0.399 e. The maximum atomic E-state index is 4.86. The van der Waals surface area contributed by atoms with Gasteiger partial charge in [0.05, 0.1) is 5.71 Å². The van der Waals surface area contributed by atoms with Crippen LogP contribution in [-0.4, -0.2) is 12.8 Å². The van der Waals surface area contributed by atoms with Gasteiger partial charge in [-0.2, -0.15) is 0 Å². The van der Waals surface area contributed by atoms with E-state index in [0.29, 0.717) is 5.92 Å². The smallest absolute Gasteiger partial charge is 0.106 e. The Kier molecular flexibility index (Phi) is 3.99. The van der Waals surface area contributed by atoms with E-state index in [1.54, 1.807) is 7.11 Å². The summed E-state index contributed by atoms with van der Waals surface area (Å²) in [5.74, 6) is 0.709. The Labute approximate surface area is 123 Å².